The van der Waals surface area contributed by atoms with Crippen molar-refractivity contribution in [2.45, 2.75) is 19.9 Å². The molecule has 1 saturated carbocycles. The molecule has 2 fully saturated rings. The number of imidazole rings is 1. The van der Waals surface area contributed by atoms with E-state index < -0.39 is 0 Å². The molecular weight excluding hydrogens is 338 g/mol. The normalized spacial score (nSPS) is 24.5. The number of hydrogen-bond donors (Lipinski definition) is 0. The Morgan fingerprint density at radius 2 is 2.04 bits per heavy atom. The number of amides is 1. The maximum Gasteiger partial charge on any atom is 0.274 e. The smallest absolute Gasteiger partial charge is 0.274 e. The van der Waals surface area contributed by atoms with Gasteiger partial charge in [-0.1, -0.05) is 0 Å². The maximum absolute atomic E-state index is 12.6. The first-order valence-electron chi connectivity index (χ1n) is 8.49. The summed E-state index contributed by atoms with van der Waals surface area (Å²) in [6, 6.07) is 2.09. The molecule has 2 aromatic rings. The number of aromatic nitrogens is 2. The van der Waals surface area contributed by atoms with Crippen LogP contribution in [0, 0.1) is 17.8 Å². The molecule has 6 nitrogen and oxygen atoms in total. The topological polar surface area (TPSA) is 64.4 Å². The minimum absolute atomic E-state index is 0.0319. The monoisotopic (exact) mass is 359 g/mol. The van der Waals surface area contributed by atoms with Gasteiger partial charge in [-0.3, -0.25) is 9.59 Å². The number of thiophene rings is 1. The highest BCUT2D eigenvalue weighted by atomic mass is 32.1. The van der Waals surface area contributed by atoms with Crippen LogP contribution in [-0.2, 0) is 0 Å². The lowest BCUT2D eigenvalue weighted by Crippen LogP contribution is -2.32. The Labute approximate surface area is 150 Å². The molecule has 0 N–H and O–H groups in total. The van der Waals surface area contributed by atoms with Crippen LogP contribution >= 0.6 is 11.3 Å². The first-order valence-corrected chi connectivity index (χ1v) is 9.37. The van der Waals surface area contributed by atoms with Gasteiger partial charge in [0.25, 0.3) is 5.91 Å². The third-order valence-electron chi connectivity index (χ3n) is 5.25. The summed E-state index contributed by atoms with van der Waals surface area (Å²) in [4.78, 5) is 32.0. The van der Waals surface area contributed by atoms with Crippen LogP contribution in [-0.4, -0.2) is 46.3 Å². The minimum Gasteiger partial charge on any atom is -0.496 e. The van der Waals surface area contributed by atoms with Crippen molar-refractivity contribution < 1.29 is 14.3 Å². The Balaban J connectivity index is 1.38. The lowest BCUT2D eigenvalue weighted by atomic mass is 10.1. The van der Waals surface area contributed by atoms with Crippen molar-refractivity contribution in [1.29, 1.82) is 0 Å². The van der Waals surface area contributed by atoms with Crippen LogP contribution in [0.5, 0.6) is 5.75 Å². The molecule has 2 atom stereocenters. The van der Waals surface area contributed by atoms with Gasteiger partial charge in [0, 0.05) is 42.7 Å². The summed E-state index contributed by atoms with van der Waals surface area (Å²) in [5, 5.41) is 1.85. The van der Waals surface area contributed by atoms with Gasteiger partial charge in [-0.15, -0.1) is 11.3 Å². The maximum atomic E-state index is 12.6. The van der Waals surface area contributed by atoms with Crippen molar-refractivity contribution in [3.8, 4) is 5.75 Å². The van der Waals surface area contributed by atoms with E-state index in [9.17, 15) is 9.59 Å². The predicted octanol–water partition coefficient (Wildman–Crippen LogP) is 2.74. The fraction of sp³-hybridized carbons (Fsp3) is 0.500. The highest BCUT2D eigenvalue weighted by molar-refractivity contribution is 7.12. The van der Waals surface area contributed by atoms with Gasteiger partial charge in [-0.25, -0.2) is 4.98 Å². The summed E-state index contributed by atoms with van der Waals surface area (Å²) in [5.41, 5.74) is 0.487. The van der Waals surface area contributed by atoms with Crippen molar-refractivity contribution >= 4 is 23.0 Å². The molecule has 25 heavy (non-hydrogen) atoms. The van der Waals surface area contributed by atoms with Gasteiger partial charge >= 0.3 is 0 Å². The molecule has 1 amide bonds. The highest BCUT2D eigenvalue weighted by Gasteiger charge is 2.60. The first kappa shape index (κ1) is 16.3. The Hall–Kier alpha value is -2.15. The third kappa shape index (κ3) is 2.76. The molecule has 7 heteroatoms. The molecule has 0 aromatic carbocycles. The summed E-state index contributed by atoms with van der Waals surface area (Å²) in [7, 11) is 1.60. The van der Waals surface area contributed by atoms with Crippen LogP contribution in [0.4, 0.5) is 0 Å². The molecule has 0 radical (unpaired) electrons. The standard InChI is InChI=1S/C18H21N3O3S/c1-10(2)21-7-14(19-9-21)18(23)20-5-12-13(6-20)16(12)17(22)15-4-11(24-3)8-25-15/h4,7-10,12-13,16H,5-6H2,1-3H3. The van der Waals surface area contributed by atoms with E-state index >= 15 is 0 Å². The first-order chi connectivity index (χ1) is 12.0. The summed E-state index contributed by atoms with van der Waals surface area (Å²) in [6.45, 7) is 5.40. The van der Waals surface area contributed by atoms with E-state index in [1.54, 1.807) is 19.6 Å². The molecule has 2 unspecified atom stereocenters. The van der Waals surface area contributed by atoms with Gasteiger partial charge in [0.2, 0.25) is 0 Å². The molecular formula is C18H21N3O3S. The molecule has 0 spiro atoms. The second-order valence-electron chi connectivity index (χ2n) is 7.08. The van der Waals surface area contributed by atoms with Gasteiger partial charge in [0.1, 0.15) is 11.4 Å². The zero-order valence-corrected chi connectivity index (χ0v) is 15.3. The van der Waals surface area contributed by atoms with Gasteiger partial charge in [-0.2, -0.15) is 0 Å². The van der Waals surface area contributed by atoms with Crippen molar-refractivity contribution in [3.63, 3.8) is 0 Å². The molecule has 3 heterocycles. The summed E-state index contributed by atoms with van der Waals surface area (Å²) < 4.78 is 7.08. The van der Waals surface area contributed by atoms with Crippen molar-refractivity contribution in [2.75, 3.05) is 20.2 Å². The molecule has 1 aliphatic carbocycles. The molecule has 1 aliphatic heterocycles. The molecule has 1 saturated heterocycles. The van der Waals surface area contributed by atoms with Gasteiger partial charge in [0.05, 0.1) is 18.3 Å². The molecule has 4 rings (SSSR count). The van der Waals surface area contributed by atoms with E-state index in [2.05, 4.69) is 18.8 Å². The van der Waals surface area contributed by atoms with Crippen LogP contribution in [0.2, 0.25) is 0 Å². The van der Waals surface area contributed by atoms with E-state index in [-0.39, 0.29) is 35.5 Å². The van der Waals surface area contributed by atoms with Crippen LogP contribution in [0.25, 0.3) is 0 Å². The van der Waals surface area contributed by atoms with Gasteiger partial charge in [-0.05, 0) is 25.7 Å². The number of methoxy groups -OCH3 is 1. The number of likely N-dealkylation sites (tertiary alicyclic amines) is 1. The zero-order chi connectivity index (χ0) is 17.7. The Bertz CT molecular complexity index is 813. The number of nitrogens with zero attached hydrogens (tertiary/aromatic N) is 3. The summed E-state index contributed by atoms with van der Waals surface area (Å²) in [5.74, 6) is 1.53. The predicted molar refractivity (Wildman–Crippen MR) is 94.2 cm³/mol. The second kappa shape index (κ2) is 5.98. The Morgan fingerprint density at radius 1 is 1.32 bits per heavy atom. The minimum atomic E-state index is -0.0319. The molecule has 132 valence electrons. The third-order valence-corrected chi connectivity index (χ3v) is 6.18. The number of piperidine rings is 1. The summed E-state index contributed by atoms with van der Waals surface area (Å²) in [6.07, 6.45) is 3.50. The lowest BCUT2D eigenvalue weighted by Gasteiger charge is -2.18. The second-order valence-corrected chi connectivity index (χ2v) is 7.99. The number of ether oxygens (including phenoxy) is 1. The van der Waals surface area contributed by atoms with Gasteiger partial charge in [0.15, 0.2) is 5.78 Å². The van der Waals surface area contributed by atoms with E-state index in [4.69, 9.17) is 4.74 Å². The van der Waals surface area contributed by atoms with E-state index in [1.807, 2.05) is 20.9 Å². The number of carbonyl (C=O) groups excluding carboxylic acids is 2. The average molecular weight is 359 g/mol. The Morgan fingerprint density at radius 3 is 2.60 bits per heavy atom. The largest absolute Gasteiger partial charge is 0.496 e. The number of fused-ring (bicyclic) bond motifs is 1. The lowest BCUT2D eigenvalue weighted by molar-refractivity contribution is 0.0747. The van der Waals surface area contributed by atoms with E-state index in [0.717, 1.165) is 10.6 Å². The van der Waals surface area contributed by atoms with Crippen molar-refractivity contribution in [3.05, 3.63) is 34.5 Å². The number of hydrogen-bond acceptors (Lipinski definition) is 5. The van der Waals surface area contributed by atoms with Crippen molar-refractivity contribution in [2.24, 2.45) is 17.8 Å². The van der Waals surface area contributed by atoms with Crippen LogP contribution in [0.1, 0.15) is 40.0 Å². The number of ketones is 1. The fourth-order valence-corrected chi connectivity index (χ4v) is 4.54. The fourth-order valence-electron chi connectivity index (χ4n) is 3.69. The highest BCUT2D eigenvalue weighted by Crippen LogP contribution is 2.53. The van der Waals surface area contributed by atoms with Crippen LogP contribution in [0.3, 0.4) is 0 Å². The van der Waals surface area contributed by atoms with Gasteiger partial charge < -0.3 is 14.2 Å². The van der Waals surface area contributed by atoms with E-state index in [1.165, 1.54) is 11.3 Å². The van der Waals surface area contributed by atoms with Crippen molar-refractivity contribution in [1.82, 2.24) is 14.5 Å². The summed E-state index contributed by atoms with van der Waals surface area (Å²) >= 11 is 1.43. The molecule has 0 bridgehead atoms. The quantitative estimate of drug-likeness (QED) is 0.770. The SMILES string of the molecule is COc1csc(C(=O)C2C3CN(C(=O)c4cn(C(C)C)cn4)CC32)c1. The Kier molecular flexibility index (Phi) is 3.91. The number of rotatable bonds is 5. The zero-order valence-electron chi connectivity index (χ0n) is 14.5. The number of Topliss-reactive ketones (excluding diaryl/α,β-unsaturated/α-hetero) is 1. The van der Waals surface area contributed by atoms with Crippen LogP contribution in [0.15, 0.2) is 24.0 Å². The van der Waals surface area contributed by atoms with Crippen LogP contribution < -0.4 is 4.74 Å². The van der Waals surface area contributed by atoms with E-state index in [0.29, 0.717) is 18.8 Å². The molecule has 2 aliphatic rings. The average Bonchev–Trinajstić information content (AvgIpc) is 3.12. The molecule has 2 aromatic heterocycles. The number of carbonyl (C=O) groups is 2.